The third-order valence-corrected chi connectivity index (χ3v) is 3.19. The van der Waals surface area contributed by atoms with Crippen LogP contribution in [0.5, 0.6) is 0 Å². The van der Waals surface area contributed by atoms with Crippen LogP contribution < -0.4 is 5.32 Å². The number of nitrogens with one attached hydrogen (secondary N) is 1. The Bertz CT molecular complexity index is 835. The molecule has 6 heteroatoms. The molecular formula is C17H13N3O3. The molecule has 0 aliphatic carbocycles. The van der Waals surface area contributed by atoms with E-state index >= 15 is 0 Å². The number of hydrogen-bond acceptors (Lipinski definition) is 4. The highest BCUT2D eigenvalue weighted by molar-refractivity contribution is 6.10. The fourth-order valence-corrected chi connectivity index (χ4v) is 1.98. The Labute approximate surface area is 132 Å². The lowest BCUT2D eigenvalue weighted by Crippen LogP contribution is -2.14. The SMILES string of the molecule is Cc1ccccc1NC(=O)/C(C#N)=C\c1ccccc1[N+](=O)[O-]. The number of benzene rings is 2. The molecule has 1 N–H and O–H groups in total. The van der Waals surface area contributed by atoms with Crippen molar-refractivity contribution < 1.29 is 9.72 Å². The predicted molar refractivity (Wildman–Crippen MR) is 86.5 cm³/mol. The van der Waals surface area contributed by atoms with Crippen LogP contribution in [0.15, 0.2) is 54.1 Å². The summed E-state index contributed by atoms with van der Waals surface area (Å²) in [5.74, 6) is -0.611. The zero-order valence-electron chi connectivity index (χ0n) is 12.3. The maximum Gasteiger partial charge on any atom is 0.276 e. The molecule has 0 atom stereocenters. The summed E-state index contributed by atoms with van der Waals surface area (Å²) >= 11 is 0. The summed E-state index contributed by atoms with van der Waals surface area (Å²) in [4.78, 5) is 22.6. The number of hydrogen-bond donors (Lipinski definition) is 1. The number of rotatable bonds is 4. The molecule has 0 aromatic heterocycles. The first kappa shape index (κ1) is 15.9. The van der Waals surface area contributed by atoms with Crippen LogP contribution in [0.25, 0.3) is 6.08 Å². The van der Waals surface area contributed by atoms with E-state index < -0.39 is 10.8 Å². The number of nitro benzene ring substituents is 1. The number of carbonyl (C=O) groups is 1. The number of anilines is 1. The van der Waals surface area contributed by atoms with E-state index in [0.29, 0.717) is 5.69 Å². The molecule has 2 aromatic rings. The fraction of sp³-hybridized carbons (Fsp3) is 0.0588. The summed E-state index contributed by atoms with van der Waals surface area (Å²) in [7, 11) is 0. The molecule has 2 aromatic carbocycles. The lowest BCUT2D eigenvalue weighted by Gasteiger charge is -2.07. The van der Waals surface area contributed by atoms with E-state index in [0.717, 1.165) is 5.56 Å². The van der Waals surface area contributed by atoms with E-state index in [9.17, 15) is 20.2 Å². The second-order valence-electron chi connectivity index (χ2n) is 4.75. The minimum absolute atomic E-state index is 0.163. The van der Waals surface area contributed by atoms with E-state index in [2.05, 4.69) is 5.32 Å². The molecule has 0 saturated carbocycles. The molecule has 23 heavy (non-hydrogen) atoms. The van der Waals surface area contributed by atoms with E-state index in [1.165, 1.54) is 24.3 Å². The van der Waals surface area contributed by atoms with Gasteiger partial charge in [-0.05, 0) is 30.7 Å². The number of carbonyl (C=O) groups excluding carboxylic acids is 1. The van der Waals surface area contributed by atoms with E-state index in [-0.39, 0.29) is 16.8 Å². The molecule has 0 unspecified atom stereocenters. The highest BCUT2D eigenvalue weighted by Crippen LogP contribution is 2.21. The maximum atomic E-state index is 12.2. The lowest BCUT2D eigenvalue weighted by atomic mass is 10.1. The molecule has 0 fully saturated rings. The number of amides is 1. The van der Waals surface area contributed by atoms with Gasteiger partial charge in [-0.3, -0.25) is 14.9 Å². The molecule has 0 aliphatic heterocycles. The Balaban J connectivity index is 2.33. The van der Waals surface area contributed by atoms with Gasteiger partial charge in [0.1, 0.15) is 11.6 Å². The van der Waals surface area contributed by atoms with Crippen LogP contribution in [0.4, 0.5) is 11.4 Å². The van der Waals surface area contributed by atoms with Crippen molar-refractivity contribution in [2.24, 2.45) is 0 Å². The highest BCUT2D eigenvalue weighted by atomic mass is 16.6. The van der Waals surface area contributed by atoms with Crippen molar-refractivity contribution >= 4 is 23.4 Å². The molecule has 0 radical (unpaired) electrons. The van der Waals surface area contributed by atoms with Crippen molar-refractivity contribution in [3.8, 4) is 6.07 Å². The van der Waals surface area contributed by atoms with Crippen LogP contribution in [-0.2, 0) is 4.79 Å². The van der Waals surface area contributed by atoms with Crippen LogP contribution >= 0.6 is 0 Å². The summed E-state index contributed by atoms with van der Waals surface area (Å²) in [5.41, 5.74) is 1.27. The number of aryl methyl sites for hydroxylation is 1. The molecular weight excluding hydrogens is 294 g/mol. The van der Waals surface area contributed by atoms with Crippen LogP contribution in [0.2, 0.25) is 0 Å². The smallest absolute Gasteiger partial charge is 0.276 e. The second-order valence-corrected chi connectivity index (χ2v) is 4.75. The Kier molecular flexibility index (Phi) is 4.85. The monoisotopic (exact) mass is 307 g/mol. The molecule has 0 bridgehead atoms. The summed E-state index contributed by atoms with van der Waals surface area (Å²) in [5, 5.41) is 22.8. The van der Waals surface area contributed by atoms with Crippen LogP contribution in [-0.4, -0.2) is 10.8 Å². The first-order chi connectivity index (χ1) is 11.0. The van der Waals surface area contributed by atoms with Gasteiger partial charge in [0.25, 0.3) is 11.6 Å². The fourth-order valence-electron chi connectivity index (χ4n) is 1.98. The number of nitriles is 1. The zero-order chi connectivity index (χ0) is 16.8. The molecule has 2 rings (SSSR count). The van der Waals surface area contributed by atoms with Crippen molar-refractivity contribution in [3.05, 3.63) is 75.3 Å². The number of para-hydroxylation sites is 2. The van der Waals surface area contributed by atoms with Gasteiger partial charge >= 0.3 is 0 Å². The van der Waals surface area contributed by atoms with Crippen molar-refractivity contribution in [2.75, 3.05) is 5.32 Å². The minimum atomic E-state index is -0.611. The first-order valence-electron chi connectivity index (χ1n) is 6.75. The minimum Gasteiger partial charge on any atom is -0.321 e. The molecule has 1 amide bonds. The standard InChI is InChI=1S/C17H13N3O3/c1-12-6-2-4-8-15(12)19-17(21)14(11-18)10-13-7-3-5-9-16(13)20(22)23/h2-10H,1H3,(H,19,21)/b14-10-. The average Bonchev–Trinajstić information content (AvgIpc) is 2.54. The van der Waals surface area contributed by atoms with E-state index in [4.69, 9.17) is 0 Å². The van der Waals surface area contributed by atoms with Crippen molar-refractivity contribution in [2.45, 2.75) is 6.92 Å². The highest BCUT2D eigenvalue weighted by Gasteiger charge is 2.15. The first-order valence-corrected chi connectivity index (χ1v) is 6.75. The average molecular weight is 307 g/mol. The quantitative estimate of drug-likeness (QED) is 0.405. The molecule has 0 spiro atoms. The number of nitrogens with zero attached hydrogens (tertiary/aromatic N) is 2. The van der Waals surface area contributed by atoms with Gasteiger partial charge in [-0.15, -0.1) is 0 Å². The van der Waals surface area contributed by atoms with Crippen LogP contribution in [0, 0.1) is 28.4 Å². The van der Waals surface area contributed by atoms with Gasteiger partial charge in [-0.1, -0.05) is 30.3 Å². The normalized spacial score (nSPS) is 10.7. The van der Waals surface area contributed by atoms with Gasteiger partial charge in [0.15, 0.2) is 0 Å². The van der Waals surface area contributed by atoms with Gasteiger partial charge < -0.3 is 5.32 Å². The summed E-state index contributed by atoms with van der Waals surface area (Å²) in [6, 6.07) is 14.9. The van der Waals surface area contributed by atoms with Gasteiger partial charge in [-0.2, -0.15) is 5.26 Å². The van der Waals surface area contributed by atoms with Crippen molar-refractivity contribution in [3.63, 3.8) is 0 Å². The molecule has 0 aliphatic rings. The Morgan fingerprint density at radius 1 is 1.22 bits per heavy atom. The third kappa shape index (κ3) is 3.80. The molecule has 6 nitrogen and oxygen atoms in total. The van der Waals surface area contributed by atoms with Gasteiger partial charge in [-0.25, -0.2) is 0 Å². The second kappa shape index (κ2) is 7.00. The Morgan fingerprint density at radius 3 is 2.52 bits per heavy atom. The Hall–Kier alpha value is -3.46. The topological polar surface area (TPSA) is 96.0 Å². The van der Waals surface area contributed by atoms with E-state index in [1.807, 2.05) is 19.1 Å². The zero-order valence-corrected chi connectivity index (χ0v) is 12.3. The van der Waals surface area contributed by atoms with Crippen molar-refractivity contribution in [1.82, 2.24) is 0 Å². The van der Waals surface area contributed by atoms with E-state index in [1.54, 1.807) is 24.3 Å². The largest absolute Gasteiger partial charge is 0.321 e. The van der Waals surface area contributed by atoms with Gasteiger partial charge in [0, 0.05) is 11.8 Å². The lowest BCUT2D eigenvalue weighted by molar-refractivity contribution is -0.385. The Morgan fingerprint density at radius 2 is 1.87 bits per heavy atom. The predicted octanol–water partition coefficient (Wildman–Crippen LogP) is 3.45. The molecule has 0 saturated heterocycles. The maximum absolute atomic E-state index is 12.2. The third-order valence-electron chi connectivity index (χ3n) is 3.19. The van der Waals surface area contributed by atoms with Gasteiger partial charge in [0.05, 0.1) is 10.5 Å². The summed E-state index contributed by atoms with van der Waals surface area (Å²) in [6.45, 7) is 1.83. The summed E-state index contributed by atoms with van der Waals surface area (Å²) < 4.78 is 0. The van der Waals surface area contributed by atoms with Crippen LogP contribution in [0.1, 0.15) is 11.1 Å². The molecule has 114 valence electrons. The molecule has 0 heterocycles. The van der Waals surface area contributed by atoms with Gasteiger partial charge in [0.2, 0.25) is 0 Å². The van der Waals surface area contributed by atoms with Crippen molar-refractivity contribution in [1.29, 1.82) is 5.26 Å². The van der Waals surface area contributed by atoms with Crippen LogP contribution in [0.3, 0.4) is 0 Å². The number of nitro groups is 1. The summed E-state index contributed by atoms with van der Waals surface area (Å²) in [6.07, 6.45) is 1.21.